The molecule has 0 aliphatic heterocycles. The Morgan fingerprint density at radius 2 is 1.57 bits per heavy atom. The van der Waals surface area contributed by atoms with Gasteiger partial charge in [0.15, 0.2) is 0 Å². The van der Waals surface area contributed by atoms with Gasteiger partial charge in [0.25, 0.3) is 0 Å². The highest BCUT2D eigenvalue weighted by molar-refractivity contribution is 5.31. The van der Waals surface area contributed by atoms with Gasteiger partial charge < -0.3 is 0 Å². The van der Waals surface area contributed by atoms with Crippen LogP contribution in [0.25, 0.3) is 0 Å². The average Bonchev–Trinajstić information content (AvgIpc) is 1.96. The Kier molecular flexibility index (Phi) is 4.41. The summed E-state index contributed by atoms with van der Waals surface area (Å²) in [5.74, 6) is 0. The molecule has 0 spiro atoms. The van der Waals surface area contributed by atoms with E-state index in [9.17, 15) is 13.2 Å². The molecule has 0 aromatic rings. The minimum absolute atomic E-state index is 0.711. The zero-order valence-corrected chi connectivity index (χ0v) is 8.28. The molecule has 0 saturated heterocycles. The van der Waals surface area contributed by atoms with E-state index in [2.05, 4.69) is 13.2 Å². The van der Waals surface area contributed by atoms with Gasteiger partial charge in [-0.15, -0.1) is 0 Å². The fraction of sp³-hybridized carbons (Fsp3) is 0.273. The van der Waals surface area contributed by atoms with Crippen LogP contribution in [0, 0.1) is 0 Å². The maximum Gasteiger partial charge on any atom is 0.415 e. The minimum atomic E-state index is -4.35. The van der Waals surface area contributed by atoms with E-state index in [0.717, 1.165) is 11.6 Å². The molecule has 0 radical (unpaired) electrons. The predicted octanol–water partition coefficient (Wildman–Crippen LogP) is 4.18. The van der Waals surface area contributed by atoms with Gasteiger partial charge in [-0.05, 0) is 13.8 Å². The van der Waals surface area contributed by atoms with E-state index >= 15 is 0 Å². The van der Waals surface area contributed by atoms with Gasteiger partial charge in [0.1, 0.15) is 0 Å². The third kappa shape index (κ3) is 5.41. The van der Waals surface area contributed by atoms with Crippen molar-refractivity contribution in [2.75, 3.05) is 0 Å². The third-order valence-electron chi connectivity index (χ3n) is 1.39. The summed E-state index contributed by atoms with van der Waals surface area (Å²) in [6, 6.07) is 0. The predicted molar refractivity (Wildman–Crippen MR) is 52.9 cm³/mol. The number of hydrogen-bond donors (Lipinski definition) is 0. The van der Waals surface area contributed by atoms with E-state index in [-0.39, 0.29) is 0 Å². The van der Waals surface area contributed by atoms with Crippen LogP contribution in [-0.2, 0) is 0 Å². The molecule has 0 amide bonds. The molecule has 78 valence electrons. The van der Waals surface area contributed by atoms with Crippen molar-refractivity contribution < 1.29 is 13.2 Å². The average molecular weight is 202 g/mol. The normalized spacial score (nSPS) is 13.4. The number of halogens is 3. The van der Waals surface area contributed by atoms with E-state index in [1.165, 1.54) is 6.08 Å². The molecule has 0 aliphatic rings. The number of allylic oxidation sites excluding steroid dienone is 6. The van der Waals surface area contributed by atoms with Crippen LogP contribution in [-0.4, -0.2) is 6.18 Å². The molecule has 14 heavy (non-hydrogen) atoms. The molecule has 0 atom stereocenters. The smallest absolute Gasteiger partial charge is 0.166 e. The van der Waals surface area contributed by atoms with Crippen LogP contribution in [0.4, 0.5) is 13.2 Å². The molecule has 0 fully saturated rings. The van der Waals surface area contributed by atoms with Crippen molar-refractivity contribution in [2.24, 2.45) is 0 Å². The Morgan fingerprint density at radius 3 is 1.93 bits per heavy atom. The second-order valence-electron chi connectivity index (χ2n) is 3.09. The summed E-state index contributed by atoms with van der Waals surface area (Å²) in [5, 5.41) is 0. The lowest BCUT2D eigenvalue weighted by atomic mass is 10.1. The van der Waals surface area contributed by atoms with E-state index in [0.29, 0.717) is 5.57 Å². The van der Waals surface area contributed by atoms with Gasteiger partial charge in [-0.2, -0.15) is 13.2 Å². The summed E-state index contributed by atoms with van der Waals surface area (Å²) in [4.78, 5) is 0. The lowest BCUT2D eigenvalue weighted by molar-refractivity contribution is -0.0878. The lowest BCUT2D eigenvalue weighted by Crippen LogP contribution is -2.08. The van der Waals surface area contributed by atoms with Crippen molar-refractivity contribution in [2.45, 2.75) is 20.0 Å². The van der Waals surface area contributed by atoms with Crippen LogP contribution in [0.15, 0.2) is 48.1 Å². The number of alkyl halides is 3. The second-order valence-corrected chi connectivity index (χ2v) is 3.09. The quantitative estimate of drug-likeness (QED) is 0.602. The Bertz CT molecular complexity index is 290. The molecular weight excluding hydrogens is 189 g/mol. The first-order valence-electron chi connectivity index (χ1n) is 4.01. The van der Waals surface area contributed by atoms with Gasteiger partial charge in [-0.3, -0.25) is 0 Å². The van der Waals surface area contributed by atoms with Gasteiger partial charge >= 0.3 is 6.18 Å². The maximum absolute atomic E-state index is 12.0. The Labute approximate surface area is 82.1 Å². The monoisotopic (exact) mass is 202 g/mol. The largest absolute Gasteiger partial charge is 0.415 e. The third-order valence-corrected chi connectivity index (χ3v) is 1.39. The van der Waals surface area contributed by atoms with Crippen molar-refractivity contribution in [3.8, 4) is 0 Å². The molecule has 0 aromatic carbocycles. The zero-order chi connectivity index (χ0) is 11.4. The Morgan fingerprint density at radius 1 is 1.07 bits per heavy atom. The van der Waals surface area contributed by atoms with Gasteiger partial charge in [-0.1, -0.05) is 42.5 Å². The molecule has 0 saturated carbocycles. The Hall–Kier alpha value is -1.25. The fourth-order valence-corrected chi connectivity index (χ4v) is 0.763. The van der Waals surface area contributed by atoms with Crippen molar-refractivity contribution in [1.29, 1.82) is 0 Å². The molecule has 0 N–H and O–H groups in total. The maximum atomic E-state index is 12.0. The molecule has 0 aromatic heterocycles. The first-order valence-corrected chi connectivity index (χ1v) is 4.01. The van der Waals surface area contributed by atoms with Crippen LogP contribution in [0.2, 0.25) is 0 Å². The van der Waals surface area contributed by atoms with E-state index in [1.54, 1.807) is 19.9 Å². The molecule has 0 aliphatic carbocycles. The van der Waals surface area contributed by atoms with Gasteiger partial charge in [0.2, 0.25) is 0 Å². The summed E-state index contributed by atoms with van der Waals surface area (Å²) >= 11 is 0. The van der Waals surface area contributed by atoms with Crippen molar-refractivity contribution in [1.82, 2.24) is 0 Å². The highest BCUT2D eigenvalue weighted by atomic mass is 19.4. The van der Waals surface area contributed by atoms with E-state index < -0.39 is 11.7 Å². The first-order chi connectivity index (χ1) is 6.23. The van der Waals surface area contributed by atoms with Crippen molar-refractivity contribution >= 4 is 0 Å². The topological polar surface area (TPSA) is 0 Å². The van der Waals surface area contributed by atoms with Crippen molar-refractivity contribution in [3.05, 3.63) is 48.1 Å². The lowest BCUT2D eigenvalue weighted by Gasteiger charge is -2.04. The zero-order valence-electron chi connectivity index (χ0n) is 8.28. The minimum Gasteiger partial charge on any atom is -0.166 e. The highest BCUT2D eigenvalue weighted by Gasteiger charge is 2.29. The molecule has 0 bridgehead atoms. The van der Waals surface area contributed by atoms with Gasteiger partial charge in [0, 0.05) is 5.57 Å². The van der Waals surface area contributed by atoms with E-state index in [4.69, 9.17) is 0 Å². The first kappa shape index (κ1) is 12.8. The number of hydrogen-bond acceptors (Lipinski definition) is 0. The highest BCUT2D eigenvalue weighted by Crippen LogP contribution is 2.25. The molecule has 0 heterocycles. The summed E-state index contributed by atoms with van der Waals surface area (Å²) in [7, 11) is 0. The van der Waals surface area contributed by atoms with Gasteiger partial charge in [-0.25, -0.2) is 0 Å². The van der Waals surface area contributed by atoms with Crippen molar-refractivity contribution in [3.63, 3.8) is 0 Å². The summed E-state index contributed by atoms with van der Waals surface area (Å²) < 4.78 is 35.9. The summed E-state index contributed by atoms with van der Waals surface area (Å²) in [6.07, 6.45) is -0.334. The molecule has 0 rings (SSSR count). The van der Waals surface area contributed by atoms with Crippen LogP contribution in [0.5, 0.6) is 0 Å². The Balaban J connectivity index is 4.47. The molecular formula is C11H13F3. The SMILES string of the molecule is C=C(C)/C=C(C)\C=C/C(=C)C(F)(F)F. The summed E-state index contributed by atoms with van der Waals surface area (Å²) in [6.45, 7) is 10.0. The summed E-state index contributed by atoms with van der Waals surface area (Å²) in [5.41, 5.74) is 0.652. The fourth-order valence-electron chi connectivity index (χ4n) is 0.763. The van der Waals surface area contributed by atoms with Crippen LogP contribution in [0.1, 0.15) is 13.8 Å². The van der Waals surface area contributed by atoms with Crippen LogP contribution >= 0.6 is 0 Å². The van der Waals surface area contributed by atoms with Crippen LogP contribution in [0.3, 0.4) is 0 Å². The molecule has 0 nitrogen and oxygen atoms in total. The standard InChI is InChI=1S/C11H13F3/c1-8(2)7-9(3)5-6-10(4)11(12,13)14/h5-7H,1,4H2,2-3H3/b6-5-,9-7-. The van der Waals surface area contributed by atoms with Gasteiger partial charge in [0.05, 0.1) is 0 Å². The van der Waals surface area contributed by atoms with E-state index in [1.807, 2.05) is 0 Å². The second kappa shape index (κ2) is 4.84. The molecule has 0 unspecified atom stereocenters. The molecule has 3 heteroatoms. The van der Waals surface area contributed by atoms with Crippen LogP contribution < -0.4 is 0 Å². The number of rotatable bonds is 3.